The molecular formula is C17H20N2O. The fraction of sp³-hybridized carbons (Fsp3) is 0.353. The van der Waals surface area contributed by atoms with Crippen LogP contribution in [0.3, 0.4) is 0 Å². The minimum Gasteiger partial charge on any atom is -0.329 e. The lowest BCUT2D eigenvalue weighted by Crippen LogP contribution is -2.51. The van der Waals surface area contributed by atoms with Gasteiger partial charge in [-0.2, -0.15) is 0 Å². The normalized spacial score (nSPS) is 25.2. The van der Waals surface area contributed by atoms with Gasteiger partial charge in [0.25, 0.3) is 0 Å². The average molecular weight is 268 g/mol. The summed E-state index contributed by atoms with van der Waals surface area (Å²) >= 11 is 0. The van der Waals surface area contributed by atoms with E-state index in [4.69, 9.17) is 5.73 Å². The summed E-state index contributed by atoms with van der Waals surface area (Å²) in [5, 5.41) is 5.29. The van der Waals surface area contributed by atoms with Gasteiger partial charge in [-0.15, -0.1) is 0 Å². The van der Waals surface area contributed by atoms with Crippen molar-refractivity contribution >= 4 is 22.4 Å². The van der Waals surface area contributed by atoms with Crippen molar-refractivity contribution < 1.29 is 4.79 Å². The predicted molar refractivity (Wildman–Crippen MR) is 82.5 cm³/mol. The van der Waals surface area contributed by atoms with Gasteiger partial charge in [-0.25, -0.2) is 0 Å². The highest BCUT2D eigenvalue weighted by atomic mass is 16.2. The third kappa shape index (κ3) is 2.08. The zero-order valence-electron chi connectivity index (χ0n) is 11.7. The molecule has 0 atom stereocenters. The maximum Gasteiger partial charge on any atom is 0.231 e. The Morgan fingerprint density at radius 1 is 1.25 bits per heavy atom. The fourth-order valence-corrected chi connectivity index (χ4v) is 3.31. The topological polar surface area (TPSA) is 55.1 Å². The van der Waals surface area contributed by atoms with Crippen molar-refractivity contribution in [2.75, 3.05) is 11.9 Å². The van der Waals surface area contributed by atoms with Gasteiger partial charge >= 0.3 is 0 Å². The maximum atomic E-state index is 12.5. The Bertz CT molecular complexity index is 639. The van der Waals surface area contributed by atoms with Crippen LogP contribution in [0, 0.1) is 11.3 Å². The second kappa shape index (κ2) is 4.91. The van der Waals surface area contributed by atoms with Crippen molar-refractivity contribution in [3.05, 3.63) is 42.5 Å². The summed E-state index contributed by atoms with van der Waals surface area (Å²) in [6.45, 7) is 2.59. The van der Waals surface area contributed by atoms with Crippen LogP contribution >= 0.6 is 0 Å². The first-order valence-corrected chi connectivity index (χ1v) is 7.14. The predicted octanol–water partition coefficient (Wildman–Crippen LogP) is 3.15. The van der Waals surface area contributed by atoms with Crippen LogP contribution in [-0.4, -0.2) is 12.5 Å². The maximum absolute atomic E-state index is 12.5. The quantitative estimate of drug-likeness (QED) is 0.898. The lowest BCUT2D eigenvalue weighted by molar-refractivity contribution is -0.132. The SMILES string of the molecule is CC1CC(CN)(C(=O)Nc2cccc3ccccc23)C1. The van der Waals surface area contributed by atoms with Gasteiger partial charge in [0.1, 0.15) is 0 Å². The molecule has 2 aromatic rings. The van der Waals surface area contributed by atoms with Gasteiger partial charge in [-0.05, 0) is 30.2 Å². The van der Waals surface area contributed by atoms with E-state index in [1.165, 1.54) is 0 Å². The second-order valence-corrected chi connectivity index (χ2v) is 5.98. The van der Waals surface area contributed by atoms with Crippen LogP contribution in [0.4, 0.5) is 5.69 Å². The van der Waals surface area contributed by atoms with Gasteiger partial charge in [0.15, 0.2) is 0 Å². The Labute approximate surface area is 119 Å². The van der Waals surface area contributed by atoms with Gasteiger partial charge < -0.3 is 11.1 Å². The van der Waals surface area contributed by atoms with Crippen molar-refractivity contribution in [3.63, 3.8) is 0 Å². The highest BCUT2D eigenvalue weighted by Crippen LogP contribution is 2.45. The number of anilines is 1. The van der Waals surface area contributed by atoms with E-state index >= 15 is 0 Å². The van der Waals surface area contributed by atoms with E-state index < -0.39 is 0 Å². The summed E-state index contributed by atoms with van der Waals surface area (Å²) in [4.78, 5) is 12.5. The third-order valence-electron chi connectivity index (χ3n) is 4.39. The molecule has 1 aliphatic carbocycles. The van der Waals surface area contributed by atoms with E-state index in [9.17, 15) is 4.79 Å². The Kier molecular flexibility index (Phi) is 3.22. The molecule has 0 radical (unpaired) electrons. The van der Waals surface area contributed by atoms with E-state index in [0.29, 0.717) is 12.5 Å². The molecule has 1 saturated carbocycles. The molecule has 1 aliphatic rings. The molecule has 0 heterocycles. The van der Waals surface area contributed by atoms with E-state index in [-0.39, 0.29) is 11.3 Å². The largest absolute Gasteiger partial charge is 0.329 e. The van der Waals surface area contributed by atoms with Gasteiger partial charge in [0.2, 0.25) is 5.91 Å². The van der Waals surface area contributed by atoms with Gasteiger partial charge in [0.05, 0.1) is 5.41 Å². The first-order valence-electron chi connectivity index (χ1n) is 7.14. The van der Waals surface area contributed by atoms with Crippen LogP contribution in [0.25, 0.3) is 10.8 Å². The van der Waals surface area contributed by atoms with Crippen LogP contribution in [0.5, 0.6) is 0 Å². The fourth-order valence-electron chi connectivity index (χ4n) is 3.31. The first kappa shape index (κ1) is 13.1. The zero-order chi connectivity index (χ0) is 14.2. The van der Waals surface area contributed by atoms with Gasteiger partial charge in [-0.3, -0.25) is 4.79 Å². The number of carbonyl (C=O) groups is 1. The number of hydrogen-bond acceptors (Lipinski definition) is 2. The number of hydrogen-bond donors (Lipinski definition) is 2. The van der Waals surface area contributed by atoms with E-state index in [0.717, 1.165) is 29.3 Å². The summed E-state index contributed by atoms with van der Waals surface area (Å²) in [6, 6.07) is 14.0. The number of benzene rings is 2. The molecular weight excluding hydrogens is 248 g/mol. The third-order valence-corrected chi connectivity index (χ3v) is 4.39. The number of amides is 1. The smallest absolute Gasteiger partial charge is 0.231 e. The molecule has 0 bridgehead atoms. The standard InChI is InChI=1S/C17H20N2O/c1-12-9-17(10-12,11-18)16(20)19-15-8-4-6-13-5-2-3-7-14(13)15/h2-8,12H,9-11,18H2,1H3,(H,19,20). The van der Waals surface area contributed by atoms with E-state index in [2.05, 4.69) is 24.4 Å². The van der Waals surface area contributed by atoms with Crippen molar-refractivity contribution in [3.8, 4) is 0 Å². The number of fused-ring (bicyclic) bond motifs is 1. The lowest BCUT2D eigenvalue weighted by Gasteiger charge is -2.44. The summed E-state index contributed by atoms with van der Waals surface area (Å²) in [5.41, 5.74) is 6.35. The molecule has 3 heteroatoms. The summed E-state index contributed by atoms with van der Waals surface area (Å²) in [7, 11) is 0. The van der Waals surface area contributed by atoms with Gasteiger partial charge in [0, 0.05) is 17.6 Å². The average Bonchev–Trinajstić information content (AvgIpc) is 2.44. The molecule has 20 heavy (non-hydrogen) atoms. The highest BCUT2D eigenvalue weighted by molar-refractivity contribution is 6.04. The van der Waals surface area contributed by atoms with Crippen molar-refractivity contribution in [1.82, 2.24) is 0 Å². The minimum absolute atomic E-state index is 0.0643. The number of carbonyl (C=O) groups excluding carboxylic acids is 1. The molecule has 3 N–H and O–H groups in total. The van der Waals surface area contributed by atoms with Crippen LogP contribution in [0.15, 0.2) is 42.5 Å². The number of nitrogens with one attached hydrogen (secondary N) is 1. The Balaban J connectivity index is 1.88. The molecule has 3 nitrogen and oxygen atoms in total. The van der Waals surface area contributed by atoms with E-state index in [1.807, 2.05) is 30.3 Å². The minimum atomic E-state index is -0.365. The molecule has 104 valence electrons. The molecule has 1 amide bonds. The Morgan fingerprint density at radius 3 is 2.65 bits per heavy atom. The zero-order valence-corrected chi connectivity index (χ0v) is 11.7. The van der Waals surface area contributed by atoms with Crippen LogP contribution in [0.2, 0.25) is 0 Å². The molecule has 0 saturated heterocycles. The second-order valence-electron chi connectivity index (χ2n) is 5.98. The molecule has 0 spiro atoms. The monoisotopic (exact) mass is 268 g/mol. The Morgan fingerprint density at radius 2 is 1.95 bits per heavy atom. The molecule has 1 fully saturated rings. The molecule has 0 unspecified atom stereocenters. The molecule has 0 aliphatic heterocycles. The summed E-state index contributed by atoms with van der Waals surface area (Å²) in [5.74, 6) is 0.659. The summed E-state index contributed by atoms with van der Waals surface area (Å²) in [6.07, 6.45) is 1.78. The van der Waals surface area contributed by atoms with Gasteiger partial charge in [-0.1, -0.05) is 43.3 Å². The van der Waals surface area contributed by atoms with Crippen LogP contribution in [-0.2, 0) is 4.79 Å². The van der Waals surface area contributed by atoms with E-state index in [1.54, 1.807) is 0 Å². The molecule has 0 aromatic heterocycles. The van der Waals surface area contributed by atoms with Crippen molar-refractivity contribution in [1.29, 1.82) is 0 Å². The number of nitrogens with two attached hydrogens (primary N) is 1. The molecule has 2 aromatic carbocycles. The lowest BCUT2D eigenvalue weighted by atomic mass is 9.62. The van der Waals surface area contributed by atoms with Crippen molar-refractivity contribution in [2.24, 2.45) is 17.1 Å². The van der Waals surface area contributed by atoms with Crippen molar-refractivity contribution in [2.45, 2.75) is 19.8 Å². The van der Waals surface area contributed by atoms with Crippen LogP contribution in [0.1, 0.15) is 19.8 Å². The number of rotatable bonds is 3. The Hall–Kier alpha value is -1.87. The highest BCUT2D eigenvalue weighted by Gasteiger charge is 2.47. The first-order chi connectivity index (χ1) is 9.64. The summed E-state index contributed by atoms with van der Waals surface area (Å²) < 4.78 is 0. The van der Waals surface area contributed by atoms with Crippen LogP contribution < -0.4 is 11.1 Å². The molecule has 3 rings (SSSR count).